The first-order valence-electron chi connectivity index (χ1n) is 5.33. The highest BCUT2D eigenvalue weighted by Crippen LogP contribution is 2.25. The lowest BCUT2D eigenvalue weighted by molar-refractivity contribution is 0.0947. The van der Waals surface area contributed by atoms with Crippen molar-refractivity contribution in [3.63, 3.8) is 0 Å². The van der Waals surface area contributed by atoms with Crippen molar-refractivity contribution in [1.82, 2.24) is 5.32 Å². The van der Waals surface area contributed by atoms with Gasteiger partial charge in [-0.25, -0.2) is 8.78 Å². The first kappa shape index (κ1) is 14.3. The fourth-order valence-electron chi connectivity index (χ4n) is 1.32. The molecule has 0 saturated heterocycles. The summed E-state index contributed by atoms with van der Waals surface area (Å²) in [6.45, 7) is 0.686. The van der Waals surface area contributed by atoms with Crippen LogP contribution in [-0.4, -0.2) is 24.1 Å². The maximum absolute atomic E-state index is 13.3. The normalized spacial score (nSPS) is 10.4. The molecule has 7 heteroatoms. The van der Waals surface area contributed by atoms with E-state index in [4.69, 9.17) is 10.8 Å². The van der Waals surface area contributed by atoms with Gasteiger partial charge in [-0.15, -0.1) is 0 Å². The minimum Gasteiger partial charge on any atom is -0.503 e. The zero-order chi connectivity index (χ0) is 13.7. The molecule has 0 atom stereocenters. The van der Waals surface area contributed by atoms with E-state index >= 15 is 0 Å². The summed E-state index contributed by atoms with van der Waals surface area (Å²) in [4.78, 5) is 11.5. The zero-order valence-corrected chi connectivity index (χ0v) is 9.47. The van der Waals surface area contributed by atoms with E-state index in [1.807, 2.05) is 0 Å². The third-order valence-electron chi connectivity index (χ3n) is 2.29. The molecule has 0 aromatic heterocycles. The second-order valence-corrected chi connectivity index (χ2v) is 3.63. The maximum atomic E-state index is 13.3. The minimum absolute atomic E-state index is 0.231. The Balaban J connectivity index is 2.80. The van der Waals surface area contributed by atoms with Crippen LogP contribution in [0, 0.1) is 17.5 Å². The van der Waals surface area contributed by atoms with Crippen LogP contribution < -0.4 is 11.1 Å². The number of rotatable bonds is 5. The zero-order valence-electron chi connectivity index (χ0n) is 9.47. The molecule has 0 spiro atoms. The number of hydrogen-bond donors (Lipinski definition) is 3. The largest absolute Gasteiger partial charge is 0.503 e. The molecule has 0 fully saturated rings. The summed E-state index contributed by atoms with van der Waals surface area (Å²) in [6, 6.07) is 0.405. The molecule has 18 heavy (non-hydrogen) atoms. The van der Waals surface area contributed by atoms with Crippen LogP contribution in [0.2, 0.25) is 0 Å². The molecule has 1 aromatic rings. The average Bonchev–Trinajstić information content (AvgIpc) is 2.36. The Hall–Kier alpha value is -1.76. The molecule has 0 aliphatic heterocycles. The summed E-state index contributed by atoms with van der Waals surface area (Å²) in [6.07, 6.45) is 1.26. The van der Waals surface area contributed by atoms with Crippen LogP contribution in [0.15, 0.2) is 6.07 Å². The topological polar surface area (TPSA) is 75.3 Å². The predicted molar refractivity (Wildman–Crippen MR) is 58.6 cm³/mol. The highest BCUT2D eigenvalue weighted by molar-refractivity contribution is 5.94. The maximum Gasteiger partial charge on any atom is 0.254 e. The summed E-state index contributed by atoms with van der Waals surface area (Å²) < 4.78 is 39.0. The van der Waals surface area contributed by atoms with Crippen LogP contribution in [-0.2, 0) is 0 Å². The van der Waals surface area contributed by atoms with Gasteiger partial charge in [0, 0.05) is 6.54 Å². The third kappa shape index (κ3) is 3.13. The van der Waals surface area contributed by atoms with Crippen molar-refractivity contribution in [2.45, 2.75) is 12.8 Å². The van der Waals surface area contributed by atoms with E-state index in [-0.39, 0.29) is 6.54 Å². The lowest BCUT2D eigenvalue weighted by Crippen LogP contribution is -2.26. The Morgan fingerprint density at radius 3 is 2.56 bits per heavy atom. The number of amides is 1. The van der Waals surface area contributed by atoms with E-state index in [1.54, 1.807) is 0 Å². The second-order valence-electron chi connectivity index (χ2n) is 3.63. The molecule has 0 aliphatic carbocycles. The molecule has 1 amide bonds. The van der Waals surface area contributed by atoms with Crippen LogP contribution in [0.5, 0.6) is 5.75 Å². The number of aromatic hydroxyl groups is 1. The SMILES string of the molecule is NCCCCNC(=O)c1cc(F)c(F)c(O)c1F. The second kappa shape index (κ2) is 6.25. The number of nitrogens with two attached hydrogens (primary N) is 1. The number of nitrogens with one attached hydrogen (secondary N) is 1. The number of carbonyl (C=O) groups is 1. The van der Waals surface area contributed by atoms with Gasteiger partial charge in [0.15, 0.2) is 17.4 Å². The molecule has 0 bridgehead atoms. The minimum atomic E-state index is -1.72. The van der Waals surface area contributed by atoms with Gasteiger partial charge in [-0.3, -0.25) is 4.79 Å². The lowest BCUT2D eigenvalue weighted by atomic mass is 10.1. The number of halogens is 3. The Kier molecular flexibility index (Phi) is 4.96. The number of unbranched alkanes of at least 4 members (excludes halogenated alkanes) is 1. The van der Waals surface area contributed by atoms with E-state index in [1.165, 1.54) is 0 Å². The third-order valence-corrected chi connectivity index (χ3v) is 2.29. The van der Waals surface area contributed by atoms with Crippen LogP contribution in [0.3, 0.4) is 0 Å². The lowest BCUT2D eigenvalue weighted by Gasteiger charge is -2.07. The van der Waals surface area contributed by atoms with E-state index in [0.717, 1.165) is 0 Å². The number of phenolic OH excluding ortho intramolecular Hbond substituents is 1. The molecule has 0 saturated carbocycles. The van der Waals surface area contributed by atoms with Crippen LogP contribution in [0.1, 0.15) is 23.2 Å². The Morgan fingerprint density at radius 2 is 1.94 bits per heavy atom. The number of benzene rings is 1. The van der Waals surface area contributed by atoms with E-state index < -0.39 is 34.7 Å². The van der Waals surface area contributed by atoms with Gasteiger partial charge in [0.1, 0.15) is 0 Å². The average molecular weight is 262 g/mol. The van der Waals surface area contributed by atoms with Gasteiger partial charge in [-0.1, -0.05) is 0 Å². The first-order valence-corrected chi connectivity index (χ1v) is 5.33. The van der Waals surface area contributed by atoms with Crippen molar-refractivity contribution in [2.75, 3.05) is 13.1 Å². The van der Waals surface area contributed by atoms with Crippen LogP contribution >= 0.6 is 0 Å². The van der Waals surface area contributed by atoms with Crippen molar-refractivity contribution in [3.8, 4) is 5.75 Å². The highest BCUT2D eigenvalue weighted by Gasteiger charge is 2.22. The van der Waals surface area contributed by atoms with Gasteiger partial charge < -0.3 is 16.2 Å². The van der Waals surface area contributed by atoms with Gasteiger partial charge in [0.05, 0.1) is 5.56 Å². The van der Waals surface area contributed by atoms with Crippen molar-refractivity contribution < 1.29 is 23.1 Å². The number of phenols is 1. The van der Waals surface area contributed by atoms with E-state index in [9.17, 15) is 18.0 Å². The predicted octanol–water partition coefficient (Wildman–Crippen LogP) is 1.28. The first-order chi connectivity index (χ1) is 8.49. The molecule has 100 valence electrons. The Morgan fingerprint density at radius 1 is 1.28 bits per heavy atom. The monoisotopic (exact) mass is 262 g/mol. The van der Waals surface area contributed by atoms with Crippen molar-refractivity contribution in [3.05, 3.63) is 29.1 Å². The fraction of sp³-hybridized carbons (Fsp3) is 0.364. The molecule has 0 heterocycles. The Labute approximate surface area is 102 Å². The van der Waals surface area contributed by atoms with Crippen molar-refractivity contribution in [1.29, 1.82) is 0 Å². The molecular weight excluding hydrogens is 249 g/mol. The van der Waals surface area contributed by atoms with Crippen molar-refractivity contribution in [2.24, 2.45) is 5.73 Å². The quantitative estimate of drug-likeness (QED) is 0.552. The summed E-state index contributed by atoms with van der Waals surface area (Å²) in [7, 11) is 0. The fourth-order valence-corrected chi connectivity index (χ4v) is 1.32. The molecule has 1 aromatic carbocycles. The van der Waals surface area contributed by atoms with Gasteiger partial charge in [0.25, 0.3) is 5.91 Å². The smallest absolute Gasteiger partial charge is 0.254 e. The van der Waals surface area contributed by atoms with Gasteiger partial charge in [0.2, 0.25) is 5.82 Å². The summed E-state index contributed by atoms with van der Waals surface area (Å²) in [5, 5.41) is 11.3. The van der Waals surface area contributed by atoms with Crippen LogP contribution in [0.25, 0.3) is 0 Å². The molecule has 0 aliphatic rings. The van der Waals surface area contributed by atoms with Gasteiger partial charge >= 0.3 is 0 Å². The molecule has 4 nitrogen and oxygen atoms in total. The van der Waals surface area contributed by atoms with E-state index in [2.05, 4.69) is 5.32 Å². The summed E-state index contributed by atoms with van der Waals surface area (Å²) in [5.41, 5.74) is 4.50. The standard InChI is InChI=1S/C11H13F3N2O2/c12-7-5-6(8(13)10(17)9(7)14)11(18)16-4-2-1-3-15/h5,17H,1-4,15H2,(H,16,18). The molecule has 1 rings (SSSR count). The molecule has 4 N–H and O–H groups in total. The number of hydrogen-bond acceptors (Lipinski definition) is 3. The van der Waals surface area contributed by atoms with Gasteiger partial charge in [-0.2, -0.15) is 4.39 Å². The molecular formula is C11H13F3N2O2. The molecule has 0 radical (unpaired) electrons. The van der Waals surface area contributed by atoms with Crippen molar-refractivity contribution >= 4 is 5.91 Å². The van der Waals surface area contributed by atoms with E-state index in [0.29, 0.717) is 25.5 Å². The highest BCUT2D eigenvalue weighted by atomic mass is 19.2. The summed E-state index contributed by atoms with van der Waals surface area (Å²) >= 11 is 0. The number of carbonyl (C=O) groups excluding carboxylic acids is 1. The van der Waals surface area contributed by atoms with Crippen LogP contribution in [0.4, 0.5) is 13.2 Å². The summed E-state index contributed by atoms with van der Waals surface area (Å²) in [5.74, 6) is -7.10. The van der Waals surface area contributed by atoms with Gasteiger partial charge in [-0.05, 0) is 25.5 Å². The Bertz CT molecular complexity index is 452. The molecule has 0 unspecified atom stereocenters.